The normalized spacial score (nSPS) is 11.4. The summed E-state index contributed by atoms with van der Waals surface area (Å²) in [6.45, 7) is 1.38. The van der Waals surface area contributed by atoms with Crippen molar-refractivity contribution >= 4 is 33.5 Å². The third kappa shape index (κ3) is 5.12. The van der Waals surface area contributed by atoms with Crippen molar-refractivity contribution in [2.24, 2.45) is 0 Å². The second kappa shape index (κ2) is 8.39. The molecule has 0 fully saturated rings. The molecule has 0 heterocycles. The Morgan fingerprint density at radius 3 is 2.44 bits per heavy atom. The third-order valence-corrected chi connectivity index (χ3v) is 4.12. The van der Waals surface area contributed by atoms with Gasteiger partial charge in [0.05, 0.1) is 16.5 Å². The Labute approximate surface area is 152 Å². The van der Waals surface area contributed by atoms with Crippen LogP contribution < -0.4 is 5.32 Å². The summed E-state index contributed by atoms with van der Waals surface area (Å²) in [5, 5.41) is 13.3. The lowest BCUT2D eigenvalue weighted by atomic mass is 10.1. The number of ether oxygens (including phenoxy) is 1. The first kappa shape index (κ1) is 18.6. The average molecular weight is 407 g/mol. The minimum atomic E-state index is -0.724. The van der Waals surface area contributed by atoms with Crippen molar-refractivity contribution in [3.63, 3.8) is 0 Å². The quantitative estimate of drug-likeness (QED) is 0.450. The van der Waals surface area contributed by atoms with Crippen LogP contribution in [-0.4, -0.2) is 23.4 Å². The van der Waals surface area contributed by atoms with Crippen LogP contribution in [0.25, 0.3) is 0 Å². The minimum Gasteiger partial charge on any atom is -0.452 e. The molecule has 0 unspecified atom stereocenters. The molecule has 0 saturated heterocycles. The molecule has 7 nitrogen and oxygen atoms in total. The van der Waals surface area contributed by atoms with Gasteiger partial charge in [0.1, 0.15) is 0 Å². The van der Waals surface area contributed by atoms with E-state index in [0.29, 0.717) is 0 Å². The zero-order chi connectivity index (χ0) is 18.4. The van der Waals surface area contributed by atoms with Crippen molar-refractivity contribution in [1.29, 1.82) is 0 Å². The summed E-state index contributed by atoms with van der Waals surface area (Å²) < 4.78 is 5.79. The Morgan fingerprint density at radius 2 is 1.84 bits per heavy atom. The molecular weight excluding hydrogens is 392 g/mol. The zero-order valence-electron chi connectivity index (χ0n) is 13.3. The fourth-order valence-electron chi connectivity index (χ4n) is 2.12. The molecule has 1 amide bonds. The first-order valence-electron chi connectivity index (χ1n) is 7.34. The molecule has 0 saturated carbocycles. The van der Waals surface area contributed by atoms with Crippen LogP contribution in [0.5, 0.6) is 0 Å². The van der Waals surface area contributed by atoms with Gasteiger partial charge in [-0.3, -0.25) is 14.9 Å². The number of non-ortho nitro benzene ring substituents is 1. The van der Waals surface area contributed by atoms with Gasteiger partial charge >= 0.3 is 5.97 Å². The number of hydrogen-bond acceptors (Lipinski definition) is 5. The summed E-state index contributed by atoms with van der Waals surface area (Å²) in [5.41, 5.74) is 0.909. The maximum Gasteiger partial charge on any atom is 0.338 e. The number of hydrogen-bond donors (Lipinski definition) is 1. The topological polar surface area (TPSA) is 98.5 Å². The maximum absolute atomic E-state index is 11.9. The van der Waals surface area contributed by atoms with E-state index in [1.807, 2.05) is 31.2 Å². The standard InChI is InChI=1S/C17H15BrN2O5/c1-11(14-4-2-3-5-15(14)18)19-16(21)10-25-17(22)12-6-8-13(9-7-12)20(23)24/h2-9,11H,10H2,1H3,(H,19,21)/t11-/m1/s1. The molecule has 2 aromatic carbocycles. The molecule has 8 heteroatoms. The number of nitro benzene ring substituents is 1. The van der Waals surface area contributed by atoms with Gasteiger partial charge in [-0.2, -0.15) is 0 Å². The van der Waals surface area contributed by atoms with E-state index in [4.69, 9.17) is 4.74 Å². The molecule has 0 aromatic heterocycles. The van der Waals surface area contributed by atoms with Gasteiger partial charge in [-0.05, 0) is 30.7 Å². The molecule has 0 aliphatic carbocycles. The van der Waals surface area contributed by atoms with Gasteiger partial charge < -0.3 is 10.1 Å². The number of esters is 1. The van der Waals surface area contributed by atoms with E-state index in [2.05, 4.69) is 21.2 Å². The van der Waals surface area contributed by atoms with Crippen molar-refractivity contribution < 1.29 is 19.2 Å². The first-order chi connectivity index (χ1) is 11.9. The van der Waals surface area contributed by atoms with Crippen molar-refractivity contribution in [3.05, 3.63) is 74.2 Å². The zero-order valence-corrected chi connectivity index (χ0v) is 14.9. The van der Waals surface area contributed by atoms with Crippen LogP contribution in [0.1, 0.15) is 28.9 Å². The van der Waals surface area contributed by atoms with E-state index in [0.717, 1.165) is 10.0 Å². The van der Waals surface area contributed by atoms with Gasteiger partial charge in [0.25, 0.3) is 11.6 Å². The molecule has 2 aromatic rings. The number of nitrogens with one attached hydrogen (secondary N) is 1. The Balaban J connectivity index is 1.88. The SMILES string of the molecule is C[C@@H](NC(=O)COC(=O)c1ccc([N+](=O)[O-])cc1)c1ccccc1Br. The Morgan fingerprint density at radius 1 is 1.20 bits per heavy atom. The molecule has 1 atom stereocenters. The lowest BCUT2D eigenvalue weighted by Crippen LogP contribution is -2.31. The monoisotopic (exact) mass is 406 g/mol. The largest absolute Gasteiger partial charge is 0.452 e. The number of benzene rings is 2. The molecule has 2 rings (SSSR count). The van der Waals surface area contributed by atoms with Gasteiger partial charge in [-0.25, -0.2) is 4.79 Å². The summed E-state index contributed by atoms with van der Waals surface area (Å²) in [6.07, 6.45) is 0. The van der Waals surface area contributed by atoms with Crippen molar-refractivity contribution in [2.45, 2.75) is 13.0 Å². The molecule has 25 heavy (non-hydrogen) atoms. The summed E-state index contributed by atoms with van der Waals surface area (Å²) >= 11 is 3.41. The third-order valence-electron chi connectivity index (χ3n) is 3.40. The molecule has 130 valence electrons. The number of nitro groups is 1. The van der Waals surface area contributed by atoms with Crippen LogP contribution in [0, 0.1) is 10.1 Å². The second-order valence-electron chi connectivity index (χ2n) is 5.19. The fraction of sp³-hybridized carbons (Fsp3) is 0.176. The Hall–Kier alpha value is -2.74. The highest BCUT2D eigenvalue weighted by atomic mass is 79.9. The Bertz CT molecular complexity index is 792. The number of rotatable bonds is 6. The number of carbonyl (C=O) groups is 2. The second-order valence-corrected chi connectivity index (χ2v) is 6.05. The van der Waals surface area contributed by atoms with Crippen LogP contribution >= 0.6 is 15.9 Å². The lowest BCUT2D eigenvalue weighted by molar-refractivity contribution is -0.384. The highest BCUT2D eigenvalue weighted by molar-refractivity contribution is 9.10. The maximum atomic E-state index is 11.9. The van der Waals surface area contributed by atoms with Crippen LogP contribution in [-0.2, 0) is 9.53 Å². The van der Waals surface area contributed by atoms with Gasteiger partial charge in [0.2, 0.25) is 0 Å². The van der Waals surface area contributed by atoms with Crippen LogP contribution in [0.4, 0.5) is 5.69 Å². The molecule has 0 aliphatic rings. The van der Waals surface area contributed by atoms with Crippen molar-refractivity contribution in [3.8, 4) is 0 Å². The molecule has 0 radical (unpaired) electrons. The van der Waals surface area contributed by atoms with Gasteiger partial charge in [0.15, 0.2) is 6.61 Å². The number of amides is 1. The summed E-state index contributed by atoms with van der Waals surface area (Å²) in [6, 6.07) is 12.2. The number of halogens is 1. The highest BCUT2D eigenvalue weighted by Crippen LogP contribution is 2.22. The van der Waals surface area contributed by atoms with Crippen LogP contribution in [0.15, 0.2) is 53.0 Å². The first-order valence-corrected chi connectivity index (χ1v) is 8.13. The average Bonchev–Trinajstić information content (AvgIpc) is 2.60. The van der Waals surface area contributed by atoms with Crippen molar-refractivity contribution in [1.82, 2.24) is 5.32 Å². The minimum absolute atomic E-state index is 0.128. The smallest absolute Gasteiger partial charge is 0.338 e. The van der Waals surface area contributed by atoms with E-state index >= 15 is 0 Å². The molecule has 0 spiro atoms. The van der Waals surface area contributed by atoms with Crippen LogP contribution in [0.2, 0.25) is 0 Å². The van der Waals surface area contributed by atoms with Gasteiger partial charge in [0, 0.05) is 16.6 Å². The summed E-state index contributed by atoms with van der Waals surface area (Å²) in [7, 11) is 0. The Kier molecular flexibility index (Phi) is 6.24. The van der Waals surface area contributed by atoms with E-state index in [-0.39, 0.29) is 17.3 Å². The van der Waals surface area contributed by atoms with Crippen molar-refractivity contribution in [2.75, 3.05) is 6.61 Å². The molecule has 0 aliphatic heterocycles. The molecule has 0 bridgehead atoms. The van der Waals surface area contributed by atoms with E-state index in [9.17, 15) is 19.7 Å². The highest BCUT2D eigenvalue weighted by Gasteiger charge is 2.15. The van der Waals surface area contributed by atoms with E-state index < -0.39 is 23.4 Å². The van der Waals surface area contributed by atoms with E-state index in [1.54, 1.807) is 0 Å². The van der Waals surface area contributed by atoms with Gasteiger partial charge in [-0.15, -0.1) is 0 Å². The molecule has 1 N–H and O–H groups in total. The summed E-state index contributed by atoms with van der Waals surface area (Å²) in [4.78, 5) is 33.8. The summed E-state index contributed by atoms with van der Waals surface area (Å²) in [5.74, 6) is -1.17. The van der Waals surface area contributed by atoms with Crippen LogP contribution in [0.3, 0.4) is 0 Å². The van der Waals surface area contributed by atoms with E-state index in [1.165, 1.54) is 24.3 Å². The fourth-order valence-corrected chi connectivity index (χ4v) is 2.75. The lowest BCUT2D eigenvalue weighted by Gasteiger charge is -2.15. The number of carbonyl (C=O) groups excluding carboxylic acids is 2. The predicted molar refractivity (Wildman–Crippen MR) is 94.1 cm³/mol. The van der Waals surface area contributed by atoms with Gasteiger partial charge in [-0.1, -0.05) is 34.1 Å². The predicted octanol–water partition coefficient (Wildman–Crippen LogP) is 3.39. The number of nitrogens with zero attached hydrogens (tertiary/aromatic N) is 1. The molecular formula is C17H15BrN2O5.